The summed E-state index contributed by atoms with van der Waals surface area (Å²) in [5, 5.41) is 0. The third kappa shape index (κ3) is 5.96. The number of fused-ring (bicyclic) bond motifs is 1. The molecule has 0 fully saturated rings. The second kappa shape index (κ2) is 11.5. The molecule has 0 bridgehead atoms. The third-order valence-electron chi connectivity index (χ3n) is 5.41. The molecule has 3 rings (SSSR count). The highest BCUT2D eigenvalue weighted by Gasteiger charge is 2.12. The van der Waals surface area contributed by atoms with Crippen LogP contribution in [0, 0.1) is 0 Å². The highest BCUT2D eigenvalue weighted by Crippen LogP contribution is 2.22. The molecule has 3 aromatic rings. The maximum absolute atomic E-state index is 6.19. The van der Waals surface area contributed by atoms with E-state index in [2.05, 4.69) is 48.4 Å². The van der Waals surface area contributed by atoms with E-state index in [0.29, 0.717) is 6.61 Å². The van der Waals surface area contributed by atoms with Crippen molar-refractivity contribution in [2.45, 2.75) is 71.4 Å². The minimum absolute atomic E-state index is 0.485. The molecule has 1 aromatic heterocycles. The molecule has 1 heterocycles. The van der Waals surface area contributed by atoms with Gasteiger partial charge in [-0.1, -0.05) is 81.9 Å². The minimum atomic E-state index is 0.485. The van der Waals surface area contributed by atoms with E-state index < -0.39 is 0 Å². The van der Waals surface area contributed by atoms with Crippen LogP contribution in [0.4, 0.5) is 0 Å². The van der Waals surface area contributed by atoms with Gasteiger partial charge in [0.2, 0.25) is 0 Å². The largest absolute Gasteiger partial charge is 0.485 e. The highest BCUT2D eigenvalue weighted by atomic mass is 16.5. The summed E-state index contributed by atoms with van der Waals surface area (Å²) in [6.45, 7) is 7.61. The summed E-state index contributed by atoms with van der Waals surface area (Å²) >= 11 is 0. The topological polar surface area (TPSA) is 27.1 Å². The van der Waals surface area contributed by atoms with Crippen molar-refractivity contribution in [2.75, 3.05) is 0 Å². The number of aromatic nitrogens is 2. The number of allylic oxidation sites excluding steroid dienone is 1. The molecule has 0 atom stereocenters. The molecule has 2 aromatic carbocycles. The van der Waals surface area contributed by atoms with Crippen molar-refractivity contribution in [3.8, 4) is 5.75 Å². The van der Waals surface area contributed by atoms with Crippen LogP contribution in [-0.2, 0) is 19.6 Å². The van der Waals surface area contributed by atoms with Gasteiger partial charge in [-0.15, -0.1) is 6.58 Å². The molecule has 0 N–H and O–H groups in total. The molecular formula is C26H34N2O. The SMILES string of the molecule is C=CCc1ccccc1OCc1nc2ccccc2n1CCCCCCCCC. The zero-order valence-corrected chi connectivity index (χ0v) is 17.8. The van der Waals surface area contributed by atoms with Crippen molar-refractivity contribution in [3.05, 3.63) is 72.6 Å². The number of rotatable bonds is 13. The van der Waals surface area contributed by atoms with Gasteiger partial charge < -0.3 is 9.30 Å². The Morgan fingerprint density at radius 3 is 2.48 bits per heavy atom. The maximum atomic E-state index is 6.19. The second-order valence-electron chi connectivity index (χ2n) is 7.68. The fourth-order valence-electron chi connectivity index (χ4n) is 3.82. The van der Waals surface area contributed by atoms with Gasteiger partial charge in [-0.2, -0.15) is 0 Å². The Hall–Kier alpha value is -2.55. The van der Waals surface area contributed by atoms with Gasteiger partial charge in [-0.3, -0.25) is 0 Å². The first-order valence-electron chi connectivity index (χ1n) is 11.1. The number of hydrogen-bond acceptors (Lipinski definition) is 2. The number of ether oxygens (including phenoxy) is 1. The van der Waals surface area contributed by atoms with Crippen molar-refractivity contribution < 1.29 is 4.74 Å². The molecular weight excluding hydrogens is 356 g/mol. The Morgan fingerprint density at radius 2 is 1.66 bits per heavy atom. The molecule has 3 nitrogen and oxygen atoms in total. The fourth-order valence-corrected chi connectivity index (χ4v) is 3.82. The van der Waals surface area contributed by atoms with Crippen molar-refractivity contribution in [1.82, 2.24) is 9.55 Å². The molecule has 0 saturated carbocycles. The Morgan fingerprint density at radius 1 is 0.931 bits per heavy atom. The summed E-state index contributed by atoms with van der Waals surface area (Å²) < 4.78 is 8.53. The molecule has 0 aliphatic heterocycles. The van der Waals surface area contributed by atoms with Crippen LogP contribution in [0.1, 0.15) is 63.3 Å². The lowest BCUT2D eigenvalue weighted by Crippen LogP contribution is -2.08. The van der Waals surface area contributed by atoms with Crippen LogP contribution in [0.15, 0.2) is 61.2 Å². The number of imidazole rings is 1. The number of hydrogen-bond donors (Lipinski definition) is 0. The van der Waals surface area contributed by atoms with E-state index in [1.54, 1.807) is 0 Å². The molecule has 0 saturated heterocycles. The first-order valence-corrected chi connectivity index (χ1v) is 11.1. The Labute approximate surface area is 175 Å². The van der Waals surface area contributed by atoms with E-state index in [0.717, 1.165) is 35.6 Å². The van der Waals surface area contributed by atoms with Crippen LogP contribution in [0.3, 0.4) is 0 Å². The highest BCUT2D eigenvalue weighted by molar-refractivity contribution is 5.75. The van der Waals surface area contributed by atoms with Crippen LogP contribution < -0.4 is 4.74 Å². The van der Waals surface area contributed by atoms with E-state index in [9.17, 15) is 0 Å². The van der Waals surface area contributed by atoms with Gasteiger partial charge >= 0.3 is 0 Å². The summed E-state index contributed by atoms with van der Waals surface area (Å²) in [6.07, 6.45) is 11.9. The number of para-hydroxylation sites is 3. The van der Waals surface area contributed by atoms with Crippen LogP contribution in [-0.4, -0.2) is 9.55 Å². The fraction of sp³-hybridized carbons (Fsp3) is 0.423. The van der Waals surface area contributed by atoms with E-state index in [-0.39, 0.29) is 0 Å². The second-order valence-corrected chi connectivity index (χ2v) is 7.68. The van der Waals surface area contributed by atoms with Crippen LogP contribution in [0.2, 0.25) is 0 Å². The first kappa shape index (κ1) is 21.2. The van der Waals surface area contributed by atoms with E-state index in [4.69, 9.17) is 9.72 Å². The zero-order valence-electron chi connectivity index (χ0n) is 17.8. The van der Waals surface area contributed by atoms with E-state index in [1.165, 1.54) is 50.5 Å². The van der Waals surface area contributed by atoms with Gasteiger partial charge in [0.15, 0.2) is 0 Å². The smallest absolute Gasteiger partial charge is 0.147 e. The molecule has 0 radical (unpaired) electrons. The predicted molar refractivity (Wildman–Crippen MR) is 122 cm³/mol. The van der Waals surface area contributed by atoms with Gasteiger partial charge in [0.05, 0.1) is 11.0 Å². The average molecular weight is 391 g/mol. The van der Waals surface area contributed by atoms with Gasteiger partial charge in [-0.25, -0.2) is 4.98 Å². The lowest BCUT2D eigenvalue weighted by Gasteiger charge is -2.12. The molecule has 0 amide bonds. The van der Waals surface area contributed by atoms with Gasteiger partial charge in [-0.05, 0) is 36.6 Å². The monoisotopic (exact) mass is 390 g/mol. The van der Waals surface area contributed by atoms with Gasteiger partial charge in [0.1, 0.15) is 18.2 Å². The summed E-state index contributed by atoms with van der Waals surface area (Å²) in [4.78, 5) is 4.86. The zero-order chi connectivity index (χ0) is 20.3. The molecule has 154 valence electrons. The Kier molecular flexibility index (Phi) is 8.36. The first-order chi connectivity index (χ1) is 14.3. The number of benzene rings is 2. The molecule has 29 heavy (non-hydrogen) atoms. The maximum Gasteiger partial charge on any atom is 0.147 e. The normalized spacial score (nSPS) is 11.1. The number of nitrogens with zero attached hydrogens (tertiary/aromatic N) is 2. The molecule has 3 heteroatoms. The minimum Gasteiger partial charge on any atom is -0.485 e. The molecule has 0 aliphatic rings. The quantitative estimate of drug-likeness (QED) is 0.230. The van der Waals surface area contributed by atoms with Crippen LogP contribution >= 0.6 is 0 Å². The molecule has 0 spiro atoms. The Balaban J connectivity index is 1.66. The van der Waals surface area contributed by atoms with Crippen molar-refractivity contribution in [2.24, 2.45) is 0 Å². The lowest BCUT2D eigenvalue weighted by atomic mass is 10.1. The van der Waals surface area contributed by atoms with E-state index >= 15 is 0 Å². The number of aryl methyl sites for hydroxylation is 1. The van der Waals surface area contributed by atoms with Gasteiger partial charge in [0.25, 0.3) is 0 Å². The standard InChI is InChI=1S/C26H34N2O/c1-3-5-6-7-8-9-14-20-28-24-18-12-11-17-23(24)27-26(28)21-29-25-19-13-10-16-22(25)15-4-2/h4,10-13,16-19H,2-3,5-9,14-15,20-21H2,1H3. The molecule has 0 unspecified atom stereocenters. The lowest BCUT2D eigenvalue weighted by molar-refractivity contribution is 0.287. The van der Waals surface area contributed by atoms with Crippen molar-refractivity contribution in [3.63, 3.8) is 0 Å². The van der Waals surface area contributed by atoms with Crippen LogP contribution in [0.25, 0.3) is 11.0 Å². The summed E-state index contributed by atoms with van der Waals surface area (Å²) in [5.41, 5.74) is 3.42. The molecule has 0 aliphatic carbocycles. The third-order valence-corrected chi connectivity index (χ3v) is 5.41. The summed E-state index contributed by atoms with van der Waals surface area (Å²) in [6, 6.07) is 16.6. The van der Waals surface area contributed by atoms with E-state index in [1.807, 2.05) is 24.3 Å². The Bertz CT molecular complexity index is 897. The predicted octanol–water partition coefficient (Wildman–Crippen LogP) is 7.09. The van der Waals surface area contributed by atoms with Crippen molar-refractivity contribution >= 4 is 11.0 Å². The summed E-state index contributed by atoms with van der Waals surface area (Å²) in [5.74, 6) is 1.92. The number of unbranched alkanes of at least 4 members (excludes halogenated alkanes) is 6. The van der Waals surface area contributed by atoms with Crippen molar-refractivity contribution in [1.29, 1.82) is 0 Å². The van der Waals surface area contributed by atoms with Crippen LogP contribution in [0.5, 0.6) is 5.75 Å². The average Bonchev–Trinajstić information content (AvgIpc) is 3.10. The van der Waals surface area contributed by atoms with Gasteiger partial charge in [0, 0.05) is 6.54 Å². The summed E-state index contributed by atoms with van der Waals surface area (Å²) in [7, 11) is 0.